The Morgan fingerprint density at radius 3 is 2.44 bits per heavy atom. The van der Waals surface area contributed by atoms with Crippen LogP contribution in [0.3, 0.4) is 0 Å². The lowest BCUT2D eigenvalue weighted by atomic mass is 10.1. The molecular weight excluding hydrogens is 359 g/mol. The van der Waals surface area contributed by atoms with Crippen LogP contribution in [0.1, 0.15) is 11.6 Å². The molecule has 0 spiro atoms. The highest BCUT2D eigenvalue weighted by molar-refractivity contribution is 5.97. The van der Waals surface area contributed by atoms with Crippen LogP contribution in [0, 0.1) is 0 Å². The van der Waals surface area contributed by atoms with Gasteiger partial charge in [0.05, 0.1) is 5.69 Å². The predicted octanol–water partition coefficient (Wildman–Crippen LogP) is 4.18. The molecule has 1 aliphatic rings. The van der Waals surface area contributed by atoms with Crippen molar-refractivity contribution in [1.29, 1.82) is 0 Å². The fourth-order valence-electron chi connectivity index (χ4n) is 3.03. The van der Waals surface area contributed by atoms with E-state index in [1.165, 1.54) is 24.3 Å². The van der Waals surface area contributed by atoms with E-state index in [2.05, 4.69) is 15.2 Å². The van der Waals surface area contributed by atoms with E-state index in [1.54, 1.807) is 10.7 Å². The topological polar surface area (TPSA) is 56.1 Å². The number of benzene rings is 2. The molecule has 0 saturated carbocycles. The molecule has 2 heterocycles. The van der Waals surface area contributed by atoms with Crippen molar-refractivity contribution in [2.24, 2.45) is 0 Å². The van der Waals surface area contributed by atoms with E-state index < -0.39 is 12.4 Å². The van der Waals surface area contributed by atoms with Gasteiger partial charge in [0.2, 0.25) is 0 Å². The molecule has 1 N–H and O–H groups in total. The van der Waals surface area contributed by atoms with Crippen molar-refractivity contribution in [3.8, 4) is 17.0 Å². The van der Waals surface area contributed by atoms with Crippen molar-refractivity contribution in [1.82, 2.24) is 9.78 Å². The summed E-state index contributed by atoms with van der Waals surface area (Å²) in [4.78, 5) is 12.2. The molecule has 5 nitrogen and oxygen atoms in total. The van der Waals surface area contributed by atoms with Gasteiger partial charge >= 0.3 is 6.36 Å². The Bertz CT molecular complexity index is 966. The highest BCUT2D eigenvalue weighted by Crippen LogP contribution is 2.32. The average molecular weight is 373 g/mol. The van der Waals surface area contributed by atoms with E-state index in [0.29, 0.717) is 23.5 Å². The molecule has 138 valence electrons. The van der Waals surface area contributed by atoms with Gasteiger partial charge < -0.3 is 10.1 Å². The third kappa shape index (κ3) is 3.64. The number of carbonyl (C=O) groups is 1. The van der Waals surface area contributed by atoms with Gasteiger partial charge in [-0.15, -0.1) is 13.2 Å². The van der Waals surface area contributed by atoms with Crippen molar-refractivity contribution < 1.29 is 22.7 Å². The van der Waals surface area contributed by atoms with Gasteiger partial charge in [-0.3, -0.25) is 4.79 Å². The number of fused-ring (bicyclic) bond motifs is 1. The molecule has 0 aliphatic carbocycles. The number of hydrogen-bond acceptors (Lipinski definition) is 3. The normalized spacial score (nSPS) is 16.1. The molecule has 0 fully saturated rings. The van der Waals surface area contributed by atoms with Crippen molar-refractivity contribution in [3.63, 3.8) is 0 Å². The molecule has 0 saturated heterocycles. The molecule has 1 unspecified atom stereocenters. The number of carbonyl (C=O) groups excluding carboxylic acids is 1. The maximum absolute atomic E-state index is 12.3. The molecular formula is C19H14F3N3O2. The number of hydrogen-bond donors (Lipinski definition) is 1. The number of alkyl halides is 3. The summed E-state index contributed by atoms with van der Waals surface area (Å²) >= 11 is 0. The van der Waals surface area contributed by atoms with Crippen LogP contribution >= 0.6 is 0 Å². The summed E-state index contributed by atoms with van der Waals surface area (Å²) in [6.07, 6.45) is -4.23. The van der Waals surface area contributed by atoms with Crippen LogP contribution in [0.4, 0.5) is 19.0 Å². The fourth-order valence-corrected chi connectivity index (χ4v) is 3.03. The van der Waals surface area contributed by atoms with Crippen LogP contribution in [0.2, 0.25) is 0 Å². The van der Waals surface area contributed by atoms with Gasteiger partial charge in [0, 0.05) is 18.1 Å². The number of nitrogens with zero attached hydrogens (tertiary/aromatic N) is 2. The Labute approximate surface area is 152 Å². The molecule has 3 aromatic rings. The van der Waals surface area contributed by atoms with Crippen LogP contribution in [-0.4, -0.2) is 22.1 Å². The van der Waals surface area contributed by atoms with Crippen LogP contribution in [0.5, 0.6) is 5.75 Å². The lowest BCUT2D eigenvalue weighted by molar-refractivity contribution is -0.274. The maximum atomic E-state index is 12.3. The molecule has 1 amide bonds. The van der Waals surface area contributed by atoms with Gasteiger partial charge in [-0.2, -0.15) is 5.10 Å². The Morgan fingerprint density at radius 2 is 1.78 bits per heavy atom. The van der Waals surface area contributed by atoms with Gasteiger partial charge in [0.25, 0.3) is 5.91 Å². The summed E-state index contributed by atoms with van der Waals surface area (Å²) in [5, 5.41) is 7.25. The van der Waals surface area contributed by atoms with Crippen LogP contribution in [0.15, 0.2) is 60.7 Å². The minimum atomic E-state index is -4.73. The van der Waals surface area contributed by atoms with E-state index in [0.717, 1.165) is 5.56 Å². The number of amides is 1. The van der Waals surface area contributed by atoms with Gasteiger partial charge in [-0.1, -0.05) is 30.3 Å². The number of anilines is 1. The smallest absolute Gasteiger partial charge is 0.406 e. The number of nitrogens with one attached hydrogen (secondary N) is 1. The van der Waals surface area contributed by atoms with Gasteiger partial charge in [0.1, 0.15) is 17.6 Å². The average Bonchev–Trinajstić information content (AvgIpc) is 3.14. The second-order valence-electron chi connectivity index (χ2n) is 6.13. The number of ether oxygens (including phenoxy) is 1. The first kappa shape index (κ1) is 17.1. The minimum absolute atomic E-state index is 0.137. The third-order valence-electron chi connectivity index (χ3n) is 4.24. The Morgan fingerprint density at radius 1 is 1.07 bits per heavy atom. The first-order chi connectivity index (χ1) is 12.9. The molecule has 0 bridgehead atoms. The van der Waals surface area contributed by atoms with Crippen LogP contribution in [0.25, 0.3) is 11.3 Å². The Kier molecular flexibility index (Phi) is 4.10. The molecule has 4 rings (SSSR count). The van der Waals surface area contributed by atoms with Crippen LogP contribution < -0.4 is 10.1 Å². The fraction of sp³-hybridized carbons (Fsp3) is 0.158. The minimum Gasteiger partial charge on any atom is -0.406 e. The van der Waals surface area contributed by atoms with Gasteiger partial charge in [0.15, 0.2) is 0 Å². The Balaban J connectivity index is 1.57. The highest BCUT2D eigenvalue weighted by Gasteiger charge is 2.33. The van der Waals surface area contributed by atoms with Crippen molar-refractivity contribution in [2.75, 3.05) is 5.32 Å². The summed E-state index contributed by atoms with van der Waals surface area (Å²) in [6.45, 7) is 0. The number of aromatic nitrogens is 2. The number of rotatable bonds is 4. The summed E-state index contributed by atoms with van der Waals surface area (Å²) in [5.41, 5.74) is 2.19. The zero-order chi connectivity index (χ0) is 19.0. The highest BCUT2D eigenvalue weighted by atomic mass is 19.4. The molecule has 1 aromatic heterocycles. The van der Waals surface area contributed by atoms with Crippen molar-refractivity contribution in [3.05, 3.63) is 66.2 Å². The molecule has 27 heavy (non-hydrogen) atoms. The quantitative estimate of drug-likeness (QED) is 0.746. The van der Waals surface area contributed by atoms with Crippen molar-refractivity contribution >= 4 is 11.7 Å². The zero-order valence-electron chi connectivity index (χ0n) is 13.9. The monoisotopic (exact) mass is 373 g/mol. The lowest BCUT2D eigenvalue weighted by Gasteiger charge is -2.10. The second-order valence-corrected chi connectivity index (χ2v) is 6.13. The molecule has 1 aliphatic heterocycles. The maximum Gasteiger partial charge on any atom is 0.573 e. The summed E-state index contributed by atoms with van der Waals surface area (Å²) in [6, 6.07) is 16.3. The number of halogens is 3. The molecule has 2 aromatic carbocycles. The SMILES string of the molecule is O=C1Nc2cc(-c3ccc(OC(F)(F)F)cc3)nn2C1Cc1ccccc1. The summed E-state index contributed by atoms with van der Waals surface area (Å²) in [7, 11) is 0. The van der Waals surface area contributed by atoms with Gasteiger partial charge in [-0.05, 0) is 29.8 Å². The van der Waals surface area contributed by atoms with E-state index in [1.807, 2.05) is 30.3 Å². The van der Waals surface area contributed by atoms with E-state index in [-0.39, 0.29) is 11.7 Å². The Hall–Kier alpha value is -3.29. The van der Waals surface area contributed by atoms with E-state index in [4.69, 9.17) is 0 Å². The lowest BCUT2D eigenvalue weighted by Crippen LogP contribution is -2.19. The summed E-state index contributed by atoms with van der Waals surface area (Å²) < 4.78 is 42.2. The predicted molar refractivity (Wildman–Crippen MR) is 92.2 cm³/mol. The first-order valence-electron chi connectivity index (χ1n) is 8.19. The first-order valence-corrected chi connectivity index (χ1v) is 8.19. The second kappa shape index (κ2) is 6.46. The van der Waals surface area contributed by atoms with Crippen LogP contribution in [-0.2, 0) is 11.2 Å². The van der Waals surface area contributed by atoms with E-state index >= 15 is 0 Å². The molecule has 8 heteroatoms. The largest absolute Gasteiger partial charge is 0.573 e. The van der Waals surface area contributed by atoms with Crippen molar-refractivity contribution in [2.45, 2.75) is 18.8 Å². The third-order valence-corrected chi connectivity index (χ3v) is 4.24. The standard InChI is InChI=1S/C19H14F3N3O2/c20-19(21,22)27-14-8-6-13(7-9-14)15-11-17-23-18(26)16(25(17)24-15)10-12-4-2-1-3-5-12/h1-9,11,16H,10H2,(H,23,26). The summed E-state index contributed by atoms with van der Waals surface area (Å²) in [5.74, 6) is 0.127. The zero-order valence-corrected chi connectivity index (χ0v) is 13.9. The van der Waals surface area contributed by atoms with Gasteiger partial charge in [-0.25, -0.2) is 4.68 Å². The molecule has 0 radical (unpaired) electrons. The van der Waals surface area contributed by atoms with E-state index in [9.17, 15) is 18.0 Å². The molecule has 1 atom stereocenters.